The van der Waals surface area contributed by atoms with Crippen LogP contribution in [0.1, 0.15) is 24.2 Å². The number of nitrogens with zero attached hydrogens (tertiary/aromatic N) is 1. The van der Waals surface area contributed by atoms with E-state index in [9.17, 15) is 4.79 Å². The largest absolute Gasteiger partial charge is 0.319 e. The molecule has 0 bridgehead atoms. The van der Waals surface area contributed by atoms with E-state index in [0.29, 0.717) is 12.2 Å². The highest BCUT2D eigenvalue weighted by Crippen LogP contribution is 2.12. The Bertz CT molecular complexity index is 802. The maximum absolute atomic E-state index is 12.0. The lowest BCUT2D eigenvalue weighted by Gasteiger charge is -2.13. The van der Waals surface area contributed by atoms with Gasteiger partial charge in [0.1, 0.15) is 5.69 Å². The van der Waals surface area contributed by atoms with Gasteiger partial charge < -0.3 is 10.3 Å². The van der Waals surface area contributed by atoms with Gasteiger partial charge in [-0.15, -0.1) is 0 Å². The van der Waals surface area contributed by atoms with Crippen LogP contribution >= 0.6 is 13.5 Å². The van der Waals surface area contributed by atoms with E-state index in [4.69, 9.17) is 0 Å². The zero-order valence-electron chi connectivity index (χ0n) is 12.3. The van der Waals surface area contributed by atoms with Crippen LogP contribution in [0.15, 0.2) is 59.4 Å². The number of para-hydroxylation sites is 2. The summed E-state index contributed by atoms with van der Waals surface area (Å²) in [5.41, 5.74) is 3.14. The molecule has 114 valence electrons. The Labute approximate surface area is 136 Å². The molecule has 0 saturated carbocycles. The van der Waals surface area contributed by atoms with E-state index in [1.807, 2.05) is 42.5 Å². The van der Waals surface area contributed by atoms with Crippen molar-refractivity contribution in [3.8, 4) is 0 Å². The van der Waals surface area contributed by atoms with Crippen molar-refractivity contribution in [3.63, 3.8) is 0 Å². The Kier molecular flexibility index (Phi) is 5.35. The normalized spacial score (nSPS) is 11.9. The van der Waals surface area contributed by atoms with Gasteiger partial charge in [0.15, 0.2) is 0 Å². The Hall–Kier alpha value is -2.11. The van der Waals surface area contributed by atoms with Crippen LogP contribution < -0.4 is 10.9 Å². The molecule has 0 saturated heterocycles. The molecule has 0 aliphatic heterocycles. The van der Waals surface area contributed by atoms with Crippen molar-refractivity contribution in [2.45, 2.75) is 19.5 Å². The summed E-state index contributed by atoms with van der Waals surface area (Å²) in [6, 6.07) is 17.9. The van der Waals surface area contributed by atoms with Crippen molar-refractivity contribution in [3.05, 3.63) is 76.2 Å². The van der Waals surface area contributed by atoms with Gasteiger partial charge in [0, 0.05) is 12.6 Å². The highest BCUT2D eigenvalue weighted by molar-refractivity contribution is 7.59. The van der Waals surface area contributed by atoms with E-state index in [0.717, 1.165) is 11.0 Å². The van der Waals surface area contributed by atoms with E-state index in [2.05, 4.69) is 34.3 Å². The predicted molar refractivity (Wildman–Crippen MR) is 94.4 cm³/mol. The van der Waals surface area contributed by atoms with Crippen molar-refractivity contribution in [2.75, 3.05) is 0 Å². The fraction of sp³-hybridized carbons (Fsp3) is 0.176. The van der Waals surface area contributed by atoms with E-state index in [1.165, 1.54) is 5.56 Å². The number of fused-ring (bicyclic) bond motifs is 1. The van der Waals surface area contributed by atoms with Gasteiger partial charge in [-0.25, -0.2) is 4.98 Å². The van der Waals surface area contributed by atoms with Crippen LogP contribution in [0.25, 0.3) is 11.0 Å². The molecule has 1 unspecified atom stereocenters. The number of rotatable bonds is 4. The van der Waals surface area contributed by atoms with E-state index in [-0.39, 0.29) is 25.1 Å². The second kappa shape index (κ2) is 7.24. The number of hydrogen-bond acceptors (Lipinski definition) is 3. The lowest BCUT2D eigenvalue weighted by Crippen LogP contribution is -2.25. The molecule has 0 aliphatic carbocycles. The molecule has 0 fully saturated rings. The molecule has 1 heterocycles. The standard InChI is InChI=1S/C17H17N3O.H2S/c1-12(13-7-3-2-4-8-13)18-11-16-17(21)20-15-10-6-5-9-14(15)19-16;/h2-10,12,18H,11H2,1H3,(H,20,21);1H2. The first-order valence-electron chi connectivity index (χ1n) is 7.00. The summed E-state index contributed by atoms with van der Waals surface area (Å²) in [5, 5.41) is 3.34. The summed E-state index contributed by atoms with van der Waals surface area (Å²) in [6.07, 6.45) is 0. The quantitative estimate of drug-likeness (QED) is 0.778. The first-order chi connectivity index (χ1) is 10.2. The van der Waals surface area contributed by atoms with Gasteiger partial charge in [0.25, 0.3) is 5.56 Å². The van der Waals surface area contributed by atoms with E-state index < -0.39 is 0 Å². The lowest BCUT2D eigenvalue weighted by atomic mass is 10.1. The molecule has 1 atom stereocenters. The average Bonchev–Trinajstić information content (AvgIpc) is 2.53. The molecule has 22 heavy (non-hydrogen) atoms. The average molecular weight is 313 g/mol. The van der Waals surface area contributed by atoms with Crippen LogP contribution in [0.4, 0.5) is 0 Å². The summed E-state index contributed by atoms with van der Waals surface area (Å²) >= 11 is 0. The number of nitrogens with one attached hydrogen (secondary N) is 2. The monoisotopic (exact) mass is 313 g/mol. The number of aromatic nitrogens is 2. The van der Waals surface area contributed by atoms with Gasteiger partial charge in [-0.3, -0.25) is 4.79 Å². The second-order valence-electron chi connectivity index (χ2n) is 5.04. The van der Waals surface area contributed by atoms with Crippen molar-refractivity contribution in [1.82, 2.24) is 15.3 Å². The van der Waals surface area contributed by atoms with Gasteiger partial charge in [-0.1, -0.05) is 42.5 Å². The van der Waals surface area contributed by atoms with Crippen LogP contribution in [-0.2, 0) is 6.54 Å². The molecule has 0 aliphatic rings. The van der Waals surface area contributed by atoms with Crippen LogP contribution in [0.2, 0.25) is 0 Å². The van der Waals surface area contributed by atoms with Gasteiger partial charge in [-0.2, -0.15) is 13.5 Å². The Morgan fingerprint density at radius 1 is 1.09 bits per heavy atom. The molecule has 0 amide bonds. The zero-order chi connectivity index (χ0) is 14.7. The van der Waals surface area contributed by atoms with Crippen LogP contribution in [0, 0.1) is 0 Å². The molecule has 2 aromatic carbocycles. The fourth-order valence-electron chi connectivity index (χ4n) is 2.30. The number of hydrogen-bond donors (Lipinski definition) is 2. The topological polar surface area (TPSA) is 57.8 Å². The number of H-pyrrole nitrogens is 1. The van der Waals surface area contributed by atoms with E-state index in [1.54, 1.807) is 0 Å². The maximum Gasteiger partial charge on any atom is 0.271 e. The minimum absolute atomic E-state index is 0. The minimum Gasteiger partial charge on any atom is -0.319 e. The number of aromatic amines is 1. The molecule has 0 spiro atoms. The Morgan fingerprint density at radius 2 is 1.77 bits per heavy atom. The van der Waals surface area contributed by atoms with Crippen molar-refractivity contribution in [2.24, 2.45) is 0 Å². The first kappa shape index (κ1) is 16.3. The molecule has 3 aromatic rings. The highest BCUT2D eigenvalue weighted by atomic mass is 32.1. The van der Waals surface area contributed by atoms with Crippen LogP contribution in [-0.4, -0.2) is 9.97 Å². The third-order valence-electron chi connectivity index (χ3n) is 3.55. The van der Waals surface area contributed by atoms with Crippen LogP contribution in [0.3, 0.4) is 0 Å². The third kappa shape index (κ3) is 3.55. The molecule has 4 nitrogen and oxygen atoms in total. The summed E-state index contributed by atoms with van der Waals surface area (Å²) in [4.78, 5) is 19.3. The van der Waals surface area contributed by atoms with Gasteiger partial charge in [-0.05, 0) is 24.6 Å². The smallest absolute Gasteiger partial charge is 0.271 e. The lowest BCUT2D eigenvalue weighted by molar-refractivity contribution is 0.565. The van der Waals surface area contributed by atoms with Gasteiger partial charge in [0.05, 0.1) is 11.0 Å². The summed E-state index contributed by atoms with van der Waals surface area (Å²) < 4.78 is 0. The summed E-state index contributed by atoms with van der Waals surface area (Å²) in [6.45, 7) is 2.51. The molecule has 3 rings (SSSR count). The highest BCUT2D eigenvalue weighted by Gasteiger charge is 2.08. The Balaban J connectivity index is 0.00000176. The predicted octanol–water partition coefficient (Wildman–Crippen LogP) is 2.89. The SMILES string of the molecule is CC(NCc1nc2ccccc2[nH]c1=O)c1ccccc1.S. The molecule has 0 radical (unpaired) electrons. The third-order valence-corrected chi connectivity index (χ3v) is 3.55. The fourth-order valence-corrected chi connectivity index (χ4v) is 2.30. The maximum atomic E-state index is 12.0. The van der Waals surface area contributed by atoms with Crippen molar-refractivity contribution >= 4 is 24.5 Å². The molecule has 5 heteroatoms. The second-order valence-corrected chi connectivity index (χ2v) is 5.04. The Morgan fingerprint density at radius 3 is 2.55 bits per heavy atom. The number of benzene rings is 2. The molecular formula is C17H19N3OS. The molecular weight excluding hydrogens is 294 g/mol. The summed E-state index contributed by atoms with van der Waals surface area (Å²) in [7, 11) is 0. The van der Waals surface area contributed by atoms with E-state index >= 15 is 0 Å². The van der Waals surface area contributed by atoms with Gasteiger partial charge in [0.2, 0.25) is 0 Å². The van der Waals surface area contributed by atoms with Crippen molar-refractivity contribution in [1.29, 1.82) is 0 Å². The van der Waals surface area contributed by atoms with Crippen molar-refractivity contribution < 1.29 is 0 Å². The summed E-state index contributed by atoms with van der Waals surface area (Å²) in [5.74, 6) is 0. The minimum atomic E-state index is -0.138. The zero-order valence-corrected chi connectivity index (χ0v) is 13.3. The molecule has 2 N–H and O–H groups in total. The first-order valence-corrected chi connectivity index (χ1v) is 7.00. The van der Waals surface area contributed by atoms with Crippen LogP contribution in [0.5, 0.6) is 0 Å². The molecule has 1 aromatic heterocycles. The van der Waals surface area contributed by atoms with Gasteiger partial charge >= 0.3 is 0 Å².